The Labute approximate surface area is 97.6 Å². The second kappa shape index (κ2) is 6.31. The lowest BCUT2D eigenvalue weighted by Gasteiger charge is -2.06. The van der Waals surface area contributed by atoms with E-state index < -0.39 is 0 Å². The van der Waals surface area contributed by atoms with Crippen LogP contribution in [0.15, 0.2) is 18.2 Å². The summed E-state index contributed by atoms with van der Waals surface area (Å²) in [4.78, 5) is 11.1. The highest BCUT2D eigenvalue weighted by Crippen LogP contribution is 2.13. The summed E-state index contributed by atoms with van der Waals surface area (Å²) in [5.41, 5.74) is 3.40. The molecule has 0 unspecified atom stereocenters. The number of rotatable bonds is 5. The van der Waals surface area contributed by atoms with Crippen molar-refractivity contribution in [3.05, 3.63) is 48.2 Å². The summed E-state index contributed by atoms with van der Waals surface area (Å²) in [7, 11) is 0. The van der Waals surface area contributed by atoms with E-state index in [1.54, 1.807) is 0 Å². The van der Waals surface area contributed by atoms with Gasteiger partial charge in [0.25, 0.3) is 0 Å². The van der Waals surface area contributed by atoms with Crippen LogP contribution in [0, 0.1) is 20.3 Å². The van der Waals surface area contributed by atoms with E-state index in [4.69, 9.17) is 4.74 Å². The van der Waals surface area contributed by atoms with Crippen LogP contribution in [0.4, 0.5) is 0 Å². The van der Waals surface area contributed by atoms with Gasteiger partial charge in [-0.1, -0.05) is 23.8 Å². The van der Waals surface area contributed by atoms with Gasteiger partial charge >= 0.3 is 5.97 Å². The maximum Gasteiger partial charge on any atom is 0.306 e. The molecular formula is C14H18O2. The second-order valence-electron chi connectivity index (χ2n) is 3.77. The molecule has 2 heteroatoms. The number of carbonyl (C=O) groups excluding carboxylic acids is 1. The molecule has 0 aliphatic carbocycles. The van der Waals surface area contributed by atoms with Crippen molar-refractivity contribution in [3.63, 3.8) is 0 Å². The molecule has 0 aliphatic rings. The summed E-state index contributed by atoms with van der Waals surface area (Å²) >= 11 is 0. The van der Waals surface area contributed by atoms with Gasteiger partial charge in [0, 0.05) is 6.42 Å². The van der Waals surface area contributed by atoms with Crippen molar-refractivity contribution in [2.75, 3.05) is 6.61 Å². The van der Waals surface area contributed by atoms with Crippen molar-refractivity contribution in [1.29, 1.82) is 0 Å². The molecule has 2 radical (unpaired) electrons. The fraction of sp³-hybridized carbons (Fsp3) is 0.357. The third-order valence-electron chi connectivity index (χ3n) is 2.34. The van der Waals surface area contributed by atoms with Crippen molar-refractivity contribution in [3.8, 4) is 0 Å². The van der Waals surface area contributed by atoms with Gasteiger partial charge in [-0.2, -0.15) is 0 Å². The lowest BCUT2D eigenvalue weighted by molar-refractivity contribution is -0.142. The van der Waals surface area contributed by atoms with Gasteiger partial charge in [-0.05, 0) is 44.7 Å². The minimum Gasteiger partial charge on any atom is -0.466 e. The molecule has 86 valence electrons. The average Bonchev–Trinajstić information content (AvgIpc) is 2.22. The van der Waals surface area contributed by atoms with Crippen LogP contribution in [-0.4, -0.2) is 12.6 Å². The van der Waals surface area contributed by atoms with Crippen LogP contribution in [0.25, 0.3) is 0 Å². The lowest BCUT2D eigenvalue weighted by Crippen LogP contribution is -2.04. The Morgan fingerprint density at radius 1 is 1.50 bits per heavy atom. The van der Waals surface area contributed by atoms with E-state index in [0.717, 1.165) is 17.5 Å². The summed E-state index contributed by atoms with van der Waals surface area (Å²) in [6.45, 7) is 8.28. The molecule has 0 aromatic heterocycles. The monoisotopic (exact) mass is 218 g/mol. The maximum absolute atomic E-state index is 11.1. The van der Waals surface area contributed by atoms with Gasteiger partial charge in [-0.3, -0.25) is 4.79 Å². The van der Waals surface area contributed by atoms with Crippen molar-refractivity contribution in [2.45, 2.75) is 26.7 Å². The minimum atomic E-state index is -0.166. The van der Waals surface area contributed by atoms with E-state index in [9.17, 15) is 4.79 Å². The summed E-state index contributed by atoms with van der Waals surface area (Å²) in [5.74, 6) is -0.166. The van der Waals surface area contributed by atoms with Crippen LogP contribution in [0.5, 0.6) is 0 Å². The fourth-order valence-electron chi connectivity index (χ4n) is 1.52. The molecule has 0 atom stereocenters. The molecule has 0 spiro atoms. The number of hydrogen-bond donors (Lipinski definition) is 0. The topological polar surface area (TPSA) is 26.3 Å². The predicted octanol–water partition coefficient (Wildman–Crippen LogP) is 2.88. The van der Waals surface area contributed by atoms with Gasteiger partial charge in [-0.25, -0.2) is 0 Å². The number of hydrogen-bond acceptors (Lipinski definition) is 2. The molecule has 0 heterocycles. The smallest absolute Gasteiger partial charge is 0.306 e. The summed E-state index contributed by atoms with van der Waals surface area (Å²) in [6, 6.07) is 6.16. The van der Waals surface area contributed by atoms with Crippen molar-refractivity contribution < 1.29 is 9.53 Å². The molecular weight excluding hydrogens is 200 g/mol. The van der Waals surface area contributed by atoms with Crippen LogP contribution in [0.2, 0.25) is 0 Å². The number of aryl methyl sites for hydroxylation is 1. The van der Waals surface area contributed by atoms with Crippen LogP contribution in [0.3, 0.4) is 0 Å². The van der Waals surface area contributed by atoms with E-state index in [-0.39, 0.29) is 5.97 Å². The largest absolute Gasteiger partial charge is 0.466 e. The van der Waals surface area contributed by atoms with E-state index in [2.05, 4.69) is 19.1 Å². The summed E-state index contributed by atoms with van der Waals surface area (Å²) in [5, 5.41) is 0. The molecule has 0 saturated carbocycles. The van der Waals surface area contributed by atoms with Gasteiger partial charge in [0.2, 0.25) is 0 Å². The third kappa shape index (κ3) is 4.05. The predicted molar refractivity (Wildman–Crippen MR) is 64.9 cm³/mol. The zero-order chi connectivity index (χ0) is 12.0. The Morgan fingerprint density at radius 3 is 2.88 bits per heavy atom. The Kier molecular flexibility index (Phi) is 5.03. The molecule has 1 aromatic rings. The number of ether oxygens (including phenoxy) is 1. The SMILES string of the molecule is [CH2]c1cc(C)ccc1C[CH]CC(=O)OCC. The van der Waals surface area contributed by atoms with Crippen molar-refractivity contribution in [2.24, 2.45) is 0 Å². The summed E-state index contributed by atoms with van der Waals surface area (Å²) in [6.07, 6.45) is 3.05. The first-order chi connectivity index (χ1) is 7.63. The highest BCUT2D eigenvalue weighted by molar-refractivity contribution is 5.70. The molecule has 0 aliphatic heterocycles. The molecule has 16 heavy (non-hydrogen) atoms. The third-order valence-corrected chi connectivity index (χ3v) is 2.34. The van der Waals surface area contributed by atoms with Crippen molar-refractivity contribution in [1.82, 2.24) is 0 Å². The number of benzene rings is 1. The number of carbonyl (C=O) groups is 1. The van der Waals surface area contributed by atoms with Crippen molar-refractivity contribution >= 4 is 5.97 Å². The molecule has 1 aromatic carbocycles. The van der Waals surface area contributed by atoms with E-state index in [1.165, 1.54) is 5.56 Å². The molecule has 1 rings (SSSR count). The Hall–Kier alpha value is -1.31. The minimum absolute atomic E-state index is 0.166. The first-order valence-corrected chi connectivity index (χ1v) is 5.52. The quantitative estimate of drug-likeness (QED) is 0.710. The Morgan fingerprint density at radius 2 is 2.25 bits per heavy atom. The van der Waals surface area contributed by atoms with Gasteiger partial charge in [-0.15, -0.1) is 0 Å². The molecule has 0 fully saturated rings. The van der Waals surface area contributed by atoms with Gasteiger partial charge in [0.1, 0.15) is 0 Å². The molecule has 2 nitrogen and oxygen atoms in total. The van der Waals surface area contributed by atoms with E-state index in [0.29, 0.717) is 13.0 Å². The molecule has 0 bridgehead atoms. The van der Waals surface area contributed by atoms with E-state index in [1.807, 2.05) is 26.3 Å². The van der Waals surface area contributed by atoms with Crippen LogP contribution in [0.1, 0.15) is 30.0 Å². The maximum atomic E-state index is 11.1. The van der Waals surface area contributed by atoms with Crippen LogP contribution >= 0.6 is 0 Å². The Bertz CT molecular complexity index is 356. The second-order valence-corrected chi connectivity index (χ2v) is 3.77. The zero-order valence-electron chi connectivity index (χ0n) is 9.95. The van der Waals surface area contributed by atoms with E-state index >= 15 is 0 Å². The molecule has 0 saturated heterocycles. The highest BCUT2D eigenvalue weighted by Gasteiger charge is 2.03. The Balaban J connectivity index is 2.40. The number of esters is 1. The average molecular weight is 218 g/mol. The van der Waals surface area contributed by atoms with Crippen LogP contribution in [-0.2, 0) is 16.0 Å². The first-order valence-electron chi connectivity index (χ1n) is 5.52. The first kappa shape index (κ1) is 12.8. The highest BCUT2D eigenvalue weighted by atomic mass is 16.5. The zero-order valence-corrected chi connectivity index (χ0v) is 9.95. The van der Waals surface area contributed by atoms with Gasteiger partial charge < -0.3 is 4.74 Å². The lowest BCUT2D eigenvalue weighted by atomic mass is 10.0. The normalized spacial score (nSPS) is 10.2. The van der Waals surface area contributed by atoms with Crippen LogP contribution < -0.4 is 0 Å². The van der Waals surface area contributed by atoms with Gasteiger partial charge in [0.05, 0.1) is 6.61 Å². The van der Waals surface area contributed by atoms with Gasteiger partial charge in [0.15, 0.2) is 0 Å². The molecule has 0 N–H and O–H groups in total. The standard InChI is InChI=1S/C14H18O2/c1-4-16-14(15)7-5-6-13-9-8-11(2)10-12(13)3/h5,8-10H,3-4,6-7H2,1-2H3. The fourth-order valence-corrected chi connectivity index (χ4v) is 1.52. The summed E-state index contributed by atoms with van der Waals surface area (Å²) < 4.78 is 4.84. The molecule has 0 amide bonds.